The number of nitrogens with one attached hydrogen (secondary N) is 1. The number of nitrogens with zero attached hydrogens (tertiary/aromatic N) is 2. The van der Waals surface area contributed by atoms with Crippen molar-refractivity contribution in [2.75, 3.05) is 18.5 Å². The molecule has 3 heterocycles. The first kappa shape index (κ1) is 14.9. The Morgan fingerprint density at radius 3 is 2.96 bits per heavy atom. The standard InChI is InChI=1S/C19H19N3O2/c1-13-5-4-9-22-11-17(20-18(13)22)15-6-2-3-7-16(15)21-19(23)14-8-10-24-12-14/h2-7,9,11,14H,8,10,12H2,1H3,(H,21,23)/t14-/m0/s1. The Bertz CT molecular complexity index is 895. The van der Waals surface area contributed by atoms with Gasteiger partial charge in [0.05, 0.1) is 23.9 Å². The van der Waals surface area contributed by atoms with Gasteiger partial charge in [0, 0.05) is 24.6 Å². The summed E-state index contributed by atoms with van der Waals surface area (Å²) in [6.07, 6.45) is 4.75. The molecule has 1 aliphatic rings. The fraction of sp³-hybridized carbons (Fsp3) is 0.263. The van der Waals surface area contributed by atoms with Gasteiger partial charge in [-0.15, -0.1) is 0 Å². The molecule has 1 N–H and O–H groups in total. The van der Waals surface area contributed by atoms with Gasteiger partial charge in [0.15, 0.2) is 0 Å². The molecule has 0 spiro atoms. The third-order valence-electron chi connectivity index (χ3n) is 4.44. The average molecular weight is 321 g/mol. The van der Waals surface area contributed by atoms with E-state index in [0.717, 1.165) is 34.6 Å². The molecule has 1 amide bonds. The van der Waals surface area contributed by atoms with Gasteiger partial charge in [-0.2, -0.15) is 0 Å². The number of amides is 1. The molecule has 0 radical (unpaired) electrons. The van der Waals surface area contributed by atoms with E-state index in [9.17, 15) is 4.79 Å². The maximum absolute atomic E-state index is 12.4. The molecule has 0 aliphatic carbocycles. The first-order chi connectivity index (χ1) is 11.7. The van der Waals surface area contributed by atoms with Gasteiger partial charge < -0.3 is 14.5 Å². The molecule has 1 atom stereocenters. The first-order valence-electron chi connectivity index (χ1n) is 8.15. The van der Waals surface area contributed by atoms with Gasteiger partial charge in [0.25, 0.3) is 0 Å². The van der Waals surface area contributed by atoms with Crippen LogP contribution in [-0.2, 0) is 9.53 Å². The van der Waals surface area contributed by atoms with Crippen molar-refractivity contribution in [3.63, 3.8) is 0 Å². The maximum Gasteiger partial charge on any atom is 0.229 e. The fourth-order valence-corrected chi connectivity index (χ4v) is 3.07. The van der Waals surface area contributed by atoms with E-state index in [4.69, 9.17) is 9.72 Å². The number of hydrogen-bond donors (Lipinski definition) is 1. The van der Waals surface area contributed by atoms with Crippen LogP contribution >= 0.6 is 0 Å². The average Bonchev–Trinajstić information content (AvgIpc) is 3.26. The second kappa shape index (κ2) is 6.09. The van der Waals surface area contributed by atoms with Gasteiger partial charge in [0.2, 0.25) is 5.91 Å². The molecule has 5 heteroatoms. The number of hydrogen-bond acceptors (Lipinski definition) is 3. The second-order valence-electron chi connectivity index (χ2n) is 6.14. The van der Waals surface area contributed by atoms with Crippen LogP contribution in [0.25, 0.3) is 16.9 Å². The Labute approximate surface area is 140 Å². The molecule has 5 nitrogen and oxygen atoms in total. The highest BCUT2D eigenvalue weighted by molar-refractivity contribution is 5.96. The minimum absolute atomic E-state index is 0.0138. The van der Waals surface area contributed by atoms with Crippen molar-refractivity contribution in [3.05, 3.63) is 54.4 Å². The molecule has 122 valence electrons. The molecule has 0 unspecified atom stereocenters. The second-order valence-corrected chi connectivity index (χ2v) is 6.14. The molecule has 1 aliphatic heterocycles. The summed E-state index contributed by atoms with van der Waals surface area (Å²) in [6.45, 7) is 3.20. The van der Waals surface area contributed by atoms with Crippen LogP contribution in [0, 0.1) is 12.8 Å². The number of ether oxygens (including phenoxy) is 1. The van der Waals surface area contributed by atoms with Crippen LogP contribution in [0.1, 0.15) is 12.0 Å². The number of imidazole rings is 1. The zero-order chi connectivity index (χ0) is 16.5. The summed E-state index contributed by atoms with van der Waals surface area (Å²) >= 11 is 0. The molecule has 1 saturated heterocycles. The molecule has 3 aromatic rings. The number of rotatable bonds is 3. The van der Waals surface area contributed by atoms with Gasteiger partial charge in [-0.1, -0.05) is 24.3 Å². The molecular formula is C19H19N3O2. The molecule has 4 rings (SSSR count). The van der Waals surface area contributed by atoms with Gasteiger partial charge in [0.1, 0.15) is 5.65 Å². The molecule has 24 heavy (non-hydrogen) atoms. The van der Waals surface area contributed by atoms with Crippen LogP contribution in [-0.4, -0.2) is 28.5 Å². The number of fused-ring (bicyclic) bond motifs is 1. The SMILES string of the molecule is Cc1cccn2cc(-c3ccccc3NC(=O)[C@H]3CCOC3)nc12. The lowest BCUT2D eigenvalue weighted by Crippen LogP contribution is -2.23. The van der Waals surface area contributed by atoms with E-state index in [1.807, 2.05) is 60.1 Å². The topological polar surface area (TPSA) is 55.6 Å². The van der Waals surface area contributed by atoms with Crippen LogP contribution in [0.4, 0.5) is 5.69 Å². The number of aromatic nitrogens is 2. The number of anilines is 1. The van der Waals surface area contributed by atoms with Crippen molar-refractivity contribution in [2.45, 2.75) is 13.3 Å². The van der Waals surface area contributed by atoms with Crippen molar-refractivity contribution in [1.29, 1.82) is 0 Å². The lowest BCUT2D eigenvalue weighted by atomic mass is 10.1. The Morgan fingerprint density at radius 1 is 1.29 bits per heavy atom. The minimum atomic E-state index is -0.0682. The summed E-state index contributed by atoms with van der Waals surface area (Å²) in [4.78, 5) is 17.1. The highest BCUT2D eigenvalue weighted by Gasteiger charge is 2.24. The third kappa shape index (κ3) is 2.67. The van der Waals surface area contributed by atoms with E-state index < -0.39 is 0 Å². The highest BCUT2D eigenvalue weighted by Crippen LogP contribution is 2.29. The predicted octanol–water partition coefficient (Wildman–Crippen LogP) is 3.28. The first-order valence-corrected chi connectivity index (χ1v) is 8.15. The fourth-order valence-electron chi connectivity index (χ4n) is 3.07. The third-order valence-corrected chi connectivity index (χ3v) is 4.44. The molecule has 1 aromatic carbocycles. The van der Waals surface area contributed by atoms with Crippen LogP contribution in [0.2, 0.25) is 0 Å². The molecular weight excluding hydrogens is 302 g/mol. The lowest BCUT2D eigenvalue weighted by Gasteiger charge is -2.12. The van der Waals surface area contributed by atoms with Crippen LogP contribution in [0.5, 0.6) is 0 Å². The van der Waals surface area contributed by atoms with E-state index in [0.29, 0.717) is 13.2 Å². The van der Waals surface area contributed by atoms with Crippen LogP contribution in [0.15, 0.2) is 48.8 Å². The summed E-state index contributed by atoms with van der Waals surface area (Å²) in [5, 5.41) is 3.04. The normalized spacial score (nSPS) is 17.3. The Morgan fingerprint density at radius 2 is 2.17 bits per heavy atom. The van der Waals surface area contributed by atoms with E-state index in [1.54, 1.807) is 0 Å². The summed E-state index contributed by atoms with van der Waals surface area (Å²) in [7, 11) is 0. The van der Waals surface area contributed by atoms with E-state index in [1.165, 1.54) is 0 Å². The van der Waals surface area contributed by atoms with Gasteiger partial charge >= 0.3 is 0 Å². The number of pyridine rings is 1. The van der Waals surface area contributed by atoms with Crippen molar-refractivity contribution >= 4 is 17.2 Å². The number of aryl methyl sites for hydroxylation is 1. The predicted molar refractivity (Wildman–Crippen MR) is 92.9 cm³/mol. The van der Waals surface area contributed by atoms with Crippen LogP contribution < -0.4 is 5.32 Å². The van der Waals surface area contributed by atoms with E-state index in [-0.39, 0.29) is 11.8 Å². The van der Waals surface area contributed by atoms with Crippen molar-refractivity contribution < 1.29 is 9.53 Å². The number of carbonyl (C=O) groups excluding carboxylic acids is 1. The van der Waals surface area contributed by atoms with Crippen molar-refractivity contribution in [3.8, 4) is 11.3 Å². The summed E-state index contributed by atoms with van der Waals surface area (Å²) in [5.41, 5.74) is 4.61. The quantitative estimate of drug-likeness (QED) is 0.805. The number of carbonyl (C=O) groups is 1. The summed E-state index contributed by atoms with van der Waals surface area (Å²) in [5.74, 6) is -0.0544. The Balaban J connectivity index is 1.69. The maximum atomic E-state index is 12.4. The van der Waals surface area contributed by atoms with E-state index in [2.05, 4.69) is 5.32 Å². The zero-order valence-corrected chi connectivity index (χ0v) is 13.5. The lowest BCUT2D eigenvalue weighted by molar-refractivity contribution is -0.119. The summed E-state index contributed by atoms with van der Waals surface area (Å²) in [6, 6.07) is 11.8. The Kier molecular flexibility index (Phi) is 3.78. The zero-order valence-electron chi connectivity index (χ0n) is 13.5. The Hall–Kier alpha value is -2.66. The molecule has 0 bridgehead atoms. The molecule has 1 fully saturated rings. The van der Waals surface area contributed by atoms with Crippen LogP contribution in [0.3, 0.4) is 0 Å². The highest BCUT2D eigenvalue weighted by atomic mass is 16.5. The van der Waals surface area contributed by atoms with Crippen molar-refractivity contribution in [2.24, 2.45) is 5.92 Å². The van der Waals surface area contributed by atoms with E-state index >= 15 is 0 Å². The van der Waals surface area contributed by atoms with Gasteiger partial charge in [-0.3, -0.25) is 4.79 Å². The monoisotopic (exact) mass is 321 g/mol. The van der Waals surface area contributed by atoms with Gasteiger partial charge in [-0.25, -0.2) is 4.98 Å². The number of para-hydroxylation sites is 1. The summed E-state index contributed by atoms with van der Waals surface area (Å²) < 4.78 is 7.32. The van der Waals surface area contributed by atoms with Gasteiger partial charge in [-0.05, 0) is 31.0 Å². The number of benzene rings is 1. The molecule has 0 saturated carbocycles. The largest absolute Gasteiger partial charge is 0.381 e. The molecule has 2 aromatic heterocycles. The smallest absolute Gasteiger partial charge is 0.229 e. The van der Waals surface area contributed by atoms with Crippen molar-refractivity contribution in [1.82, 2.24) is 9.38 Å². The minimum Gasteiger partial charge on any atom is -0.381 e.